The van der Waals surface area contributed by atoms with E-state index in [4.69, 9.17) is 0 Å². The van der Waals surface area contributed by atoms with Gasteiger partial charge in [0, 0.05) is 37.7 Å². The van der Waals surface area contributed by atoms with Crippen LogP contribution in [0.3, 0.4) is 0 Å². The van der Waals surface area contributed by atoms with Crippen molar-refractivity contribution in [3.8, 4) is 0 Å². The standard InChI is InChI=1S/C17H23N3O2/c1-4-20(11-12(2)3)17(22)18-10-13-9-16(21)19-15-8-6-5-7-14(13)15/h5-8,13H,2,4,9-11H2,1,3H3,(H,18,22)(H,19,21). The molecule has 3 amide bonds. The van der Waals surface area contributed by atoms with E-state index in [0.29, 0.717) is 26.1 Å². The molecule has 118 valence electrons. The van der Waals surface area contributed by atoms with E-state index in [1.165, 1.54) is 0 Å². The van der Waals surface area contributed by atoms with E-state index in [-0.39, 0.29) is 17.9 Å². The van der Waals surface area contributed by atoms with Crippen LogP contribution in [0.5, 0.6) is 0 Å². The Morgan fingerprint density at radius 2 is 2.18 bits per heavy atom. The van der Waals surface area contributed by atoms with Gasteiger partial charge in [-0.05, 0) is 25.5 Å². The van der Waals surface area contributed by atoms with Crippen molar-refractivity contribution in [2.75, 3.05) is 25.0 Å². The quantitative estimate of drug-likeness (QED) is 0.821. The number of para-hydroxylation sites is 1. The monoisotopic (exact) mass is 301 g/mol. The number of fused-ring (bicyclic) bond motifs is 1. The first-order valence-electron chi connectivity index (χ1n) is 7.57. The molecule has 0 radical (unpaired) electrons. The second-order valence-corrected chi connectivity index (χ2v) is 5.69. The van der Waals surface area contributed by atoms with E-state index in [2.05, 4.69) is 17.2 Å². The number of anilines is 1. The van der Waals surface area contributed by atoms with E-state index < -0.39 is 0 Å². The minimum Gasteiger partial charge on any atom is -0.337 e. The molecule has 1 atom stereocenters. The molecule has 0 aromatic heterocycles. The van der Waals surface area contributed by atoms with Gasteiger partial charge in [0.05, 0.1) is 0 Å². The summed E-state index contributed by atoms with van der Waals surface area (Å²) in [6.45, 7) is 9.30. The molecule has 5 nitrogen and oxygen atoms in total. The molecule has 0 spiro atoms. The number of nitrogens with one attached hydrogen (secondary N) is 2. The lowest BCUT2D eigenvalue weighted by Gasteiger charge is -2.27. The van der Waals surface area contributed by atoms with Gasteiger partial charge in [0.15, 0.2) is 0 Å². The maximum absolute atomic E-state index is 12.2. The maximum atomic E-state index is 12.2. The number of carbonyl (C=O) groups excluding carboxylic acids is 2. The topological polar surface area (TPSA) is 61.4 Å². The molecule has 1 aromatic carbocycles. The molecule has 2 N–H and O–H groups in total. The zero-order valence-corrected chi connectivity index (χ0v) is 13.2. The molecule has 1 aliphatic heterocycles. The van der Waals surface area contributed by atoms with Crippen molar-refractivity contribution in [1.82, 2.24) is 10.2 Å². The highest BCUT2D eigenvalue weighted by Gasteiger charge is 2.25. The second-order valence-electron chi connectivity index (χ2n) is 5.69. The van der Waals surface area contributed by atoms with Gasteiger partial charge in [-0.2, -0.15) is 0 Å². The first kappa shape index (κ1) is 16.1. The smallest absolute Gasteiger partial charge is 0.317 e. The molecule has 1 unspecified atom stereocenters. The molecule has 0 fully saturated rings. The third-order valence-corrected chi connectivity index (χ3v) is 3.74. The van der Waals surface area contributed by atoms with Crippen LogP contribution < -0.4 is 10.6 Å². The number of carbonyl (C=O) groups is 2. The Labute approximate surface area is 131 Å². The van der Waals surface area contributed by atoms with E-state index in [0.717, 1.165) is 16.8 Å². The van der Waals surface area contributed by atoms with Crippen LogP contribution in [0.25, 0.3) is 0 Å². The average Bonchev–Trinajstić information content (AvgIpc) is 2.49. The predicted octanol–water partition coefficient (Wildman–Crippen LogP) is 2.72. The number of hydrogen-bond donors (Lipinski definition) is 2. The van der Waals surface area contributed by atoms with Crippen LogP contribution in [-0.4, -0.2) is 36.5 Å². The van der Waals surface area contributed by atoms with Crippen molar-refractivity contribution in [1.29, 1.82) is 0 Å². The van der Waals surface area contributed by atoms with Crippen LogP contribution in [-0.2, 0) is 4.79 Å². The molecule has 1 aliphatic rings. The van der Waals surface area contributed by atoms with Gasteiger partial charge in [-0.15, -0.1) is 0 Å². The lowest BCUT2D eigenvalue weighted by Crippen LogP contribution is -2.43. The lowest BCUT2D eigenvalue weighted by atomic mass is 9.90. The summed E-state index contributed by atoms with van der Waals surface area (Å²) >= 11 is 0. The maximum Gasteiger partial charge on any atom is 0.317 e. The summed E-state index contributed by atoms with van der Waals surface area (Å²) < 4.78 is 0. The second kappa shape index (κ2) is 7.11. The average molecular weight is 301 g/mol. The fourth-order valence-electron chi connectivity index (χ4n) is 2.66. The number of nitrogens with zero attached hydrogens (tertiary/aromatic N) is 1. The summed E-state index contributed by atoms with van der Waals surface area (Å²) in [5, 5.41) is 5.80. The Bertz CT molecular complexity index is 583. The first-order chi connectivity index (χ1) is 10.5. The van der Waals surface area contributed by atoms with Crippen molar-refractivity contribution in [3.63, 3.8) is 0 Å². The van der Waals surface area contributed by atoms with Crippen LogP contribution >= 0.6 is 0 Å². The van der Waals surface area contributed by atoms with Crippen LogP contribution in [0.4, 0.5) is 10.5 Å². The Kier molecular flexibility index (Phi) is 5.20. The van der Waals surface area contributed by atoms with E-state index in [9.17, 15) is 9.59 Å². The first-order valence-corrected chi connectivity index (χ1v) is 7.57. The Balaban J connectivity index is 2.01. The van der Waals surface area contributed by atoms with Gasteiger partial charge < -0.3 is 15.5 Å². The minimum absolute atomic E-state index is 0.00719. The number of hydrogen-bond acceptors (Lipinski definition) is 2. The van der Waals surface area contributed by atoms with Crippen molar-refractivity contribution < 1.29 is 9.59 Å². The summed E-state index contributed by atoms with van der Waals surface area (Å²) in [4.78, 5) is 25.7. The minimum atomic E-state index is -0.117. The SMILES string of the molecule is C=C(C)CN(CC)C(=O)NCC1CC(=O)Nc2ccccc21. The largest absolute Gasteiger partial charge is 0.337 e. The molecule has 0 aliphatic carbocycles. The molecule has 0 bridgehead atoms. The Morgan fingerprint density at radius 3 is 2.86 bits per heavy atom. The highest BCUT2D eigenvalue weighted by atomic mass is 16.2. The van der Waals surface area contributed by atoms with Crippen LogP contribution in [0.2, 0.25) is 0 Å². The van der Waals surface area contributed by atoms with Gasteiger partial charge in [-0.3, -0.25) is 4.79 Å². The van der Waals surface area contributed by atoms with E-state index in [1.54, 1.807) is 4.90 Å². The van der Waals surface area contributed by atoms with Gasteiger partial charge in [-0.25, -0.2) is 4.79 Å². The number of urea groups is 1. The van der Waals surface area contributed by atoms with E-state index >= 15 is 0 Å². The molecule has 22 heavy (non-hydrogen) atoms. The molecule has 1 heterocycles. The number of likely N-dealkylation sites (N-methyl/N-ethyl adjacent to an activating group) is 1. The predicted molar refractivity (Wildman–Crippen MR) is 87.9 cm³/mol. The van der Waals surface area contributed by atoms with Crippen LogP contribution in [0, 0.1) is 0 Å². The van der Waals surface area contributed by atoms with E-state index in [1.807, 2.05) is 38.1 Å². The van der Waals surface area contributed by atoms with Gasteiger partial charge >= 0.3 is 6.03 Å². The normalized spacial score (nSPS) is 16.5. The lowest BCUT2D eigenvalue weighted by molar-refractivity contribution is -0.116. The molecule has 0 saturated carbocycles. The summed E-state index contributed by atoms with van der Waals surface area (Å²) in [7, 11) is 0. The summed E-state index contributed by atoms with van der Waals surface area (Å²) in [6, 6.07) is 7.61. The molecular weight excluding hydrogens is 278 g/mol. The zero-order chi connectivity index (χ0) is 16.1. The van der Waals surface area contributed by atoms with Gasteiger partial charge in [-0.1, -0.05) is 30.4 Å². The fraction of sp³-hybridized carbons (Fsp3) is 0.412. The van der Waals surface area contributed by atoms with Crippen molar-refractivity contribution in [2.24, 2.45) is 0 Å². The third kappa shape index (κ3) is 3.87. The van der Waals surface area contributed by atoms with Gasteiger partial charge in [0.25, 0.3) is 0 Å². The number of rotatable bonds is 5. The Morgan fingerprint density at radius 1 is 1.45 bits per heavy atom. The van der Waals surface area contributed by atoms with Gasteiger partial charge in [0.1, 0.15) is 0 Å². The van der Waals surface area contributed by atoms with Crippen molar-refractivity contribution in [3.05, 3.63) is 42.0 Å². The van der Waals surface area contributed by atoms with Crippen molar-refractivity contribution in [2.45, 2.75) is 26.2 Å². The number of amides is 3. The molecule has 0 saturated heterocycles. The summed E-state index contributed by atoms with van der Waals surface area (Å²) in [5.41, 5.74) is 2.86. The third-order valence-electron chi connectivity index (χ3n) is 3.74. The fourth-order valence-corrected chi connectivity index (χ4v) is 2.66. The molecule has 2 rings (SSSR count). The van der Waals surface area contributed by atoms with Crippen LogP contribution in [0.1, 0.15) is 31.7 Å². The molecule has 5 heteroatoms. The Hall–Kier alpha value is -2.30. The molecular formula is C17H23N3O2. The highest BCUT2D eigenvalue weighted by molar-refractivity contribution is 5.94. The van der Waals surface area contributed by atoms with Crippen molar-refractivity contribution >= 4 is 17.6 Å². The van der Waals surface area contributed by atoms with Crippen LogP contribution in [0.15, 0.2) is 36.4 Å². The number of benzene rings is 1. The summed E-state index contributed by atoms with van der Waals surface area (Å²) in [5.74, 6) is 0.00432. The van der Waals surface area contributed by atoms with Gasteiger partial charge in [0.2, 0.25) is 5.91 Å². The summed E-state index contributed by atoms with van der Waals surface area (Å²) in [6.07, 6.45) is 0.393. The highest BCUT2D eigenvalue weighted by Crippen LogP contribution is 2.31. The zero-order valence-electron chi connectivity index (χ0n) is 13.2. The molecule has 1 aromatic rings.